The molecule has 0 bridgehead atoms. The normalized spacial score (nSPS) is 11.3. The van der Waals surface area contributed by atoms with Gasteiger partial charge in [-0.25, -0.2) is 0 Å². The van der Waals surface area contributed by atoms with Crippen molar-refractivity contribution in [3.05, 3.63) is 53.1 Å². The average molecular weight is 444 g/mol. The molecule has 0 fully saturated rings. The van der Waals surface area contributed by atoms with Gasteiger partial charge in [0.1, 0.15) is 5.75 Å². The van der Waals surface area contributed by atoms with Crippen molar-refractivity contribution in [3.63, 3.8) is 0 Å². The van der Waals surface area contributed by atoms with Crippen LogP contribution < -0.4 is 10.1 Å². The molecule has 0 radical (unpaired) electrons. The Bertz CT molecular complexity index is 1010. The van der Waals surface area contributed by atoms with E-state index in [1.165, 1.54) is 6.07 Å². The number of thioether (sulfide) groups is 1. The first-order valence-electron chi connectivity index (χ1n) is 8.03. The number of hydrogen-bond donors (Lipinski definition) is 1. The van der Waals surface area contributed by atoms with Gasteiger partial charge < -0.3 is 14.5 Å². The van der Waals surface area contributed by atoms with Crippen LogP contribution in [0.3, 0.4) is 0 Å². The van der Waals surface area contributed by atoms with Crippen LogP contribution in [0.15, 0.2) is 52.1 Å². The largest absolute Gasteiger partial charge is 0.497 e. The molecule has 0 spiro atoms. The van der Waals surface area contributed by atoms with Crippen molar-refractivity contribution < 1.29 is 27.1 Å². The summed E-state index contributed by atoms with van der Waals surface area (Å²) in [6, 6.07) is 10.1. The molecule has 2 aromatic carbocycles. The number of aromatic nitrogens is 2. The average Bonchev–Trinajstić information content (AvgIpc) is 3.16. The van der Waals surface area contributed by atoms with Crippen molar-refractivity contribution in [1.29, 1.82) is 0 Å². The predicted molar refractivity (Wildman–Crippen MR) is 102 cm³/mol. The summed E-state index contributed by atoms with van der Waals surface area (Å²) in [7, 11) is 1.55. The van der Waals surface area contributed by atoms with Gasteiger partial charge in [0.2, 0.25) is 11.8 Å². The summed E-state index contributed by atoms with van der Waals surface area (Å²) < 4.78 is 49.2. The van der Waals surface area contributed by atoms with Gasteiger partial charge in [-0.15, -0.1) is 10.2 Å². The van der Waals surface area contributed by atoms with Crippen molar-refractivity contribution >= 4 is 35.0 Å². The number of nitrogens with zero attached hydrogens (tertiary/aromatic N) is 2. The van der Waals surface area contributed by atoms with Gasteiger partial charge >= 0.3 is 6.18 Å². The van der Waals surface area contributed by atoms with E-state index in [0.29, 0.717) is 11.3 Å². The Morgan fingerprint density at radius 1 is 1.21 bits per heavy atom. The zero-order valence-corrected chi connectivity index (χ0v) is 16.4. The molecule has 3 rings (SSSR count). The van der Waals surface area contributed by atoms with Crippen LogP contribution in [0, 0.1) is 0 Å². The zero-order valence-electron chi connectivity index (χ0n) is 14.8. The summed E-state index contributed by atoms with van der Waals surface area (Å²) >= 11 is 6.52. The molecule has 0 unspecified atom stereocenters. The van der Waals surface area contributed by atoms with E-state index < -0.39 is 22.7 Å². The van der Waals surface area contributed by atoms with Crippen LogP contribution in [0.2, 0.25) is 5.02 Å². The van der Waals surface area contributed by atoms with Crippen LogP contribution in [0.4, 0.5) is 18.9 Å². The van der Waals surface area contributed by atoms with Crippen molar-refractivity contribution in [2.45, 2.75) is 11.4 Å². The first kappa shape index (κ1) is 21.0. The fraction of sp³-hybridized carbons (Fsp3) is 0.167. The summed E-state index contributed by atoms with van der Waals surface area (Å²) in [5.74, 6) is 0.280. The molecule has 0 saturated carbocycles. The molecule has 0 atom stereocenters. The minimum Gasteiger partial charge on any atom is -0.497 e. The van der Waals surface area contributed by atoms with E-state index in [2.05, 4.69) is 15.5 Å². The number of carbonyl (C=O) groups excluding carboxylic acids is 1. The second-order valence-electron chi connectivity index (χ2n) is 5.63. The standard InChI is InChI=1S/C18H13ClF3N3O3S/c1-27-12-5-2-10(3-6-12)16-24-25-17(28-16)29-9-15(26)23-11-4-7-14(19)13(8-11)18(20,21)22/h2-8H,9H2,1H3,(H,23,26). The molecule has 0 aliphatic carbocycles. The molecule has 3 aromatic rings. The molecule has 1 aromatic heterocycles. The Labute approximate surface area is 172 Å². The molecular formula is C18H13ClF3N3O3S. The van der Waals surface area contributed by atoms with Gasteiger partial charge in [0, 0.05) is 11.3 Å². The highest BCUT2D eigenvalue weighted by atomic mass is 35.5. The number of halogens is 4. The maximum absolute atomic E-state index is 12.9. The molecular weight excluding hydrogens is 431 g/mol. The quantitative estimate of drug-likeness (QED) is 0.531. The molecule has 0 saturated heterocycles. The van der Waals surface area contributed by atoms with E-state index in [4.69, 9.17) is 20.8 Å². The monoisotopic (exact) mass is 443 g/mol. The number of methoxy groups -OCH3 is 1. The third-order valence-corrected chi connectivity index (χ3v) is 4.77. The topological polar surface area (TPSA) is 77.2 Å². The molecule has 6 nitrogen and oxygen atoms in total. The smallest absolute Gasteiger partial charge is 0.417 e. The van der Waals surface area contributed by atoms with Crippen LogP contribution in [-0.4, -0.2) is 29.0 Å². The lowest BCUT2D eigenvalue weighted by molar-refractivity contribution is -0.137. The number of hydrogen-bond acceptors (Lipinski definition) is 6. The Kier molecular flexibility index (Phi) is 6.33. The summed E-state index contributed by atoms with van der Waals surface area (Å²) in [5, 5.41) is 9.83. The first-order valence-corrected chi connectivity index (χ1v) is 9.40. The van der Waals surface area contributed by atoms with Crippen LogP contribution in [0.5, 0.6) is 5.75 Å². The van der Waals surface area contributed by atoms with E-state index >= 15 is 0 Å². The maximum atomic E-state index is 12.9. The molecule has 152 valence electrons. The van der Waals surface area contributed by atoms with E-state index in [1.54, 1.807) is 31.4 Å². The van der Waals surface area contributed by atoms with Gasteiger partial charge in [-0.1, -0.05) is 23.4 Å². The maximum Gasteiger partial charge on any atom is 0.417 e. The van der Waals surface area contributed by atoms with Gasteiger partial charge in [-0.05, 0) is 42.5 Å². The minimum absolute atomic E-state index is 0.0169. The van der Waals surface area contributed by atoms with Crippen LogP contribution >= 0.6 is 23.4 Å². The van der Waals surface area contributed by atoms with Gasteiger partial charge in [0.05, 0.1) is 23.4 Å². The SMILES string of the molecule is COc1ccc(-c2nnc(SCC(=O)Nc3ccc(Cl)c(C(F)(F)F)c3)o2)cc1. The number of carbonyl (C=O) groups is 1. The summed E-state index contributed by atoms with van der Waals surface area (Å²) in [6.07, 6.45) is -4.62. The van der Waals surface area contributed by atoms with Crippen molar-refractivity contribution in [1.82, 2.24) is 10.2 Å². The highest BCUT2D eigenvalue weighted by molar-refractivity contribution is 7.99. The minimum atomic E-state index is -4.62. The fourth-order valence-electron chi connectivity index (χ4n) is 2.26. The number of amides is 1. The highest BCUT2D eigenvalue weighted by Crippen LogP contribution is 2.36. The first-order chi connectivity index (χ1) is 13.8. The number of benzene rings is 2. The van der Waals surface area contributed by atoms with E-state index in [0.717, 1.165) is 23.9 Å². The molecule has 29 heavy (non-hydrogen) atoms. The van der Waals surface area contributed by atoms with Crippen LogP contribution in [0.1, 0.15) is 5.56 Å². The predicted octanol–water partition coefficient (Wildman–Crippen LogP) is 5.15. The van der Waals surface area contributed by atoms with E-state index in [-0.39, 0.29) is 22.6 Å². The molecule has 1 heterocycles. The summed E-state index contributed by atoms with van der Waals surface area (Å²) in [5.41, 5.74) is -0.363. The molecule has 11 heteroatoms. The second-order valence-corrected chi connectivity index (χ2v) is 6.96. The number of alkyl halides is 3. The van der Waals surface area contributed by atoms with Crippen molar-refractivity contribution in [3.8, 4) is 17.2 Å². The Morgan fingerprint density at radius 3 is 2.59 bits per heavy atom. The van der Waals surface area contributed by atoms with Gasteiger partial charge in [0.15, 0.2) is 0 Å². The molecule has 0 aliphatic heterocycles. The Hall–Kier alpha value is -2.72. The Balaban J connectivity index is 1.59. The lowest BCUT2D eigenvalue weighted by Gasteiger charge is -2.11. The summed E-state index contributed by atoms with van der Waals surface area (Å²) in [4.78, 5) is 12.0. The van der Waals surface area contributed by atoms with Gasteiger partial charge in [-0.3, -0.25) is 4.79 Å². The number of anilines is 1. The van der Waals surface area contributed by atoms with E-state index in [9.17, 15) is 18.0 Å². The highest BCUT2D eigenvalue weighted by Gasteiger charge is 2.33. The molecule has 0 aliphatic rings. The third-order valence-electron chi connectivity index (χ3n) is 3.63. The lowest BCUT2D eigenvalue weighted by Crippen LogP contribution is -2.15. The van der Waals surface area contributed by atoms with Crippen molar-refractivity contribution in [2.24, 2.45) is 0 Å². The fourth-order valence-corrected chi connectivity index (χ4v) is 3.05. The van der Waals surface area contributed by atoms with Crippen LogP contribution in [-0.2, 0) is 11.0 Å². The van der Waals surface area contributed by atoms with Crippen molar-refractivity contribution in [2.75, 3.05) is 18.2 Å². The van der Waals surface area contributed by atoms with E-state index in [1.807, 2.05) is 0 Å². The third kappa shape index (κ3) is 5.42. The summed E-state index contributed by atoms with van der Waals surface area (Å²) in [6.45, 7) is 0. The second kappa shape index (κ2) is 8.75. The van der Waals surface area contributed by atoms with Crippen LogP contribution in [0.25, 0.3) is 11.5 Å². The lowest BCUT2D eigenvalue weighted by atomic mass is 10.2. The van der Waals surface area contributed by atoms with Gasteiger partial charge in [0.25, 0.3) is 5.22 Å². The number of nitrogens with one attached hydrogen (secondary N) is 1. The molecule has 1 amide bonds. The zero-order chi connectivity index (χ0) is 21.0. The number of rotatable bonds is 6. The molecule has 1 N–H and O–H groups in total. The Morgan fingerprint density at radius 2 is 1.93 bits per heavy atom. The number of ether oxygens (including phenoxy) is 1. The van der Waals surface area contributed by atoms with Gasteiger partial charge in [-0.2, -0.15) is 13.2 Å².